The highest BCUT2D eigenvalue weighted by Gasteiger charge is 2.07. The topological polar surface area (TPSA) is 35.0 Å². The Morgan fingerprint density at radius 2 is 1.87 bits per heavy atom. The SMILES string of the molecule is Cc1cc(OCC(C)C)nc(C(C)C)n1. The van der Waals surface area contributed by atoms with Gasteiger partial charge in [-0.25, -0.2) is 4.98 Å². The highest BCUT2D eigenvalue weighted by atomic mass is 16.5. The maximum absolute atomic E-state index is 5.59. The zero-order chi connectivity index (χ0) is 11.4. The highest BCUT2D eigenvalue weighted by Crippen LogP contribution is 2.15. The Morgan fingerprint density at radius 1 is 1.20 bits per heavy atom. The Hall–Kier alpha value is -1.12. The van der Waals surface area contributed by atoms with Gasteiger partial charge in [-0.1, -0.05) is 27.7 Å². The second-order valence-corrected chi connectivity index (χ2v) is 4.57. The van der Waals surface area contributed by atoms with E-state index in [0.29, 0.717) is 24.3 Å². The fourth-order valence-electron chi connectivity index (χ4n) is 1.15. The largest absolute Gasteiger partial charge is 0.477 e. The quantitative estimate of drug-likeness (QED) is 0.763. The average molecular weight is 208 g/mol. The minimum atomic E-state index is 0.339. The third-order valence-corrected chi connectivity index (χ3v) is 1.93. The maximum atomic E-state index is 5.59. The van der Waals surface area contributed by atoms with Crippen LogP contribution in [0.5, 0.6) is 5.88 Å². The molecule has 0 aromatic carbocycles. The first kappa shape index (κ1) is 12.0. The summed E-state index contributed by atoms with van der Waals surface area (Å²) in [5.74, 6) is 2.41. The van der Waals surface area contributed by atoms with Crippen molar-refractivity contribution in [2.24, 2.45) is 5.92 Å². The van der Waals surface area contributed by atoms with Crippen LogP contribution in [0.1, 0.15) is 45.1 Å². The van der Waals surface area contributed by atoms with Gasteiger partial charge in [0.25, 0.3) is 0 Å². The van der Waals surface area contributed by atoms with Crippen molar-refractivity contribution in [1.29, 1.82) is 0 Å². The Bertz CT molecular complexity index is 321. The molecule has 15 heavy (non-hydrogen) atoms. The maximum Gasteiger partial charge on any atom is 0.216 e. The monoisotopic (exact) mass is 208 g/mol. The molecule has 0 atom stereocenters. The number of aromatic nitrogens is 2. The Morgan fingerprint density at radius 3 is 2.40 bits per heavy atom. The number of nitrogens with zero attached hydrogens (tertiary/aromatic N) is 2. The summed E-state index contributed by atoms with van der Waals surface area (Å²) in [6.45, 7) is 11.1. The first-order chi connectivity index (χ1) is 6.99. The van der Waals surface area contributed by atoms with Crippen LogP contribution in [-0.4, -0.2) is 16.6 Å². The van der Waals surface area contributed by atoms with E-state index in [9.17, 15) is 0 Å². The molecule has 0 radical (unpaired) electrons. The minimum absolute atomic E-state index is 0.339. The second kappa shape index (κ2) is 5.10. The lowest BCUT2D eigenvalue weighted by Crippen LogP contribution is -2.08. The molecule has 0 bridgehead atoms. The van der Waals surface area contributed by atoms with E-state index in [1.54, 1.807) is 0 Å². The van der Waals surface area contributed by atoms with Crippen molar-refractivity contribution in [2.45, 2.75) is 40.5 Å². The first-order valence-corrected chi connectivity index (χ1v) is 5.47. The summed E-state index contributed by atoms with van der Waals surface area (Å²) in [4.78, 5) is 8.74. The van der Waals surface area contributed by atoms with Crippen LogP contribution in [0.3, 0.4) is 0 Å². The van der Waals surface area contributed by atoms with Crippen molar-refractivity contribution in [3.05, 3.63) is 17.6 Å². The Balaban J connectivity index is 2.79. The van der Waals surface area contributed by atoms with E-state index in [-0.39, 0.29) is 0 Å². The fourth-order valence-corrected chi connectivity index (χ4v) is 1.15. The second-order valence-electron chi connectivity index (χ2n) is 4.57. The van der Waals surface area contributed by atoms with Gasteiger partial charge in [0.15, 0.2) is 0 Å². The van der Waals surface area contributed by atoms with Crippen LogP contribution in [0.15, 0.2) is 6.07 Å². The van der Waals surface area contributed by atoms with Crippen molar-refractivity contribution in [3.8, 4) is 5.88 Å². The molecule has 0 unspecified atom stereocenters. The molecular weight excluding hydrogens is 188 g/mol. The zero-order valence-corrected chi connectivity index (χ0v) is 10.2. The van der Waals surface area contributed by atoms with Gasteiger partial charge in [-0.2, -0.15) is 4.98 Å². The third kappa shape index (κ3) is 3.86. The molecule has 1 aromatic rings. The van der Waals surface area contributed by atoms with Crippen molar-refractivity contribution < 1.29 is 4.74 Å². The standard InChI is InChI=1S/C12H20N2O/c1-8(2)7-15-11-6-10(5)13-12(14-11)9(3)4/h6,8-9H,7H2,1-5H3. The van der Waals surface area contributed by atoms with Gasteiger partial charge in [-0.3, -0.25) is 0 Å². The predicted octanol–water partition coefficient (Wildman–Crippen LogP) is 2.94. The molecule has 0 spiro atoms. The van der Waals surface area contributed by atoms with Crippen LogP contribution in [0, 0.1) is 12.8 Å². The summed E-state index contributed by atoms with van der Waals surface area (Å²) in [6.07, 6.45) is 0. The molecule has 0 aliphatic rings. The Labute approximate surface area is 91.9 Å². The van der Waals surface area contributed by atoms with Crippen LogP contribution in [0.2, 0.25) is 0 Å². The van der Waals surface area contributed by atoms with Crippen LogP contribution < -0.4 is 4.74 Å². The van der Waals surface area contributed by atoms with Crippen molar-refractivity contribution in [3.63, 3.8) is 0 Å². The van der Waals surface area contributed by atoms with E-state index < -0.39 is 0 Å². The molecule has 1 aromatic heterocycles. The van der Waals surface area contributed by atoms with Gasteiger partial charge in [0, 0.05) is 17.7 Å². The molecule has 1 heterocycles. The lowest BCUT2D eigenvalue weighted by Gasteiger charge is -2.10. The number of hydrogen-bond acceptors (Lipinski definition) is 3. The van der Waals surface area contributed by atoms with Crippen LogP contribution in [-0.2, 0) is 0 Å². The van der Waals surface area contributed by atoms with Crippen LogP contribution >= 0.6 is 0 Å². The summed E-state index contributed by atoms with van der Waals surface area (Å²) in [5, 5.41) is 0. The molecular formula is C12H20N2O. The van der Waals surface area contributed by atoms with E-state index >= 15 is 0 Å². The van der Waals surface area contributed by atoms with Crippen LogP contribution in [0.25, 0.3) is 0 Å². The molecule has 0 saturated carbocycles. The number of rotatable bonds is 4. The molecule has 84 valence electrons. The van der Waals surface area contributed by atoms with Gasteiger partial charge < -0.3 is 4.74 Å². The van der Waals surface area contributed by atoms with E-state index in [1.807, 2.05) is 13.0 Å². The summed E-state index contributed by atoms with van der Waals surface area (Å²) in [7, 11) is 0. The molecule has 0 fully saturated rings. The summed E-state index contributed by atoms with van der Waals surface area (Å²) < 4.78 is 5.59. The number of aryl methyl sites for hydroxylation is 1. The summed E-state index contributed by atoms with van der Waals surface area (Å²) in [6, 6.07) is 1.88. The molecule has 3 nitrogen and oxygen atoms in total. The molecule has 0 aliphatic heterocycles. The van der Waals surface area contributed by atoms with Crippen molar-refractivity contribution >= 4 is 0 Å². The first-order valence-electron chi connectivity index (χ1n) is 5.47. The molecule has 0 N–H and O–H groups in total. The fraction of sp³-hybridized carbons (Fsp3) is 0.667. The smallest absolute Gasteiger partial charge is 0.216 e. The number of ether oxygens (including phenoxy) is 1. The molecule has 0 saturated heterocycles. The van der Waals surface area contributed by atoms with Gasteiger partial charge in [-0.05, 0) is 12.8 Å². The van der Waals surface area contributed by atoms with E-state index in [2.05, 4.69) is 37.7 Å². The van der Waals surface area contributed by atoms with E-state index in [4.69, 9.17) is 4.74 Å². The highest BCUT2D eigenvalue weighted by molar-refractivity contribution is 5.16. The van der Waals surface area contributed by atoms with Crippen LogP contribution in [0.4, 0.5) is 0 Å². The summed E-state index contributed by atoms with van der Waals surface area (Å²) in [5.41, 5.74) is 0.965. The molecule has 0 aliphatic carbocycles. The normalized spacial score (nSPS) is 11.1. The van der Waals surface area contributed by atoms with Gasteiger partial charge in [-0.15, -0.1) is 0 Å². The average Bonchev–Trinajstić information content (AvgIpc) is 2.13. The number of hydrogen-bond donors (Lipinski definition) is 0. The van der Waals surface area contributed by atoms with Crippen molar-refractivity contribution in [1.82, 2.24) is 9.97 Å². The Kier molecular flexibility index (Phi) is 4.06. The lowest BCUT2D eigenvalue weighted by atomic mass is 10.2. The van der Waals surface area contributed by atoms with Gasteiger partial charge in [0.1, 0.15) is 5.82 Å². The van der Waals surface area contributed by atoms with Crippen molar-refractivity contribution in [2.75, 3.05) is 6.61 Å². The zero-order valence-electron chi connectivity index (χ0n) is 10.2. The van der Waals surface area contributed by atoms with Gasteiger partial charge in [0.05, 0.1) is 6.61 Å². The predicted molar refractivity (Wildman–Crippen MR) is 61.2 cm³/mol. The lowest BCUT2D eigenvalue weighted by molar-refractivity contribution is 0.259. The molecule has 1 rings (SSSR count). The van der Waals surface area contributed by atoms with Gasteiger partial charge in [0.2, 0.25) is 5.88 Å². The minimum Gasteiger partial charge on any atom is -0.477 e. The summed E-state index contributed by atoms with van der Waals surface area (Å²) >= 11 is 0. The third-order valence-electron chi connectivity index (χ3n) is 1.93. The van der Waals surface area contributed by atoms with E-state index in [1.165, 1.54) is 0 Å². The van der Waals surface area contributed by atoms with E-state index in [0.717, 1.165) is 11.5 Å². The van der Waals surface area contributed by atoms with Gasteiger partial charge >= 0.3 is 0 Å². The molecule has 3 heteroatoms. The molecule has 0 amide bonds.